The van der Waals surface area contributed by atoms with E-state index in [1.807, 2.05) is 19.9 Å². The van der Waals surface area contributed by atoms with Crippen molar-refractivity contribution in [3.05, 3.63) is 33.8 Å². The number of ketones is 1. The third-order valence-corrected chi connectivity index (χ3v) is 2.52. The van der Waals surface area contributed by atoms with Crippen LogP contribution in [0.15, 0.2) is 12.1 Å². The van der Waals surface area contributed by atoms with Gasteiger partial charge in [-0.2, -0.15) is 0 Å². The number of aryl methyl sites for hydroxylation is 1. The second-order valence-corrected chi connectivity index (χ2v) is 3.79. The minimum absolute atomic E-state index is 0.0654. The Bertz CT molecular complexity index is 361. The van der Waals surface area contributed by atoms with Crippen molar-refractivity contribution in [1.29, 1.82) is 0 Å². The zero-order valence-electron chi connectivity index (χ0n) is 8.43. The van der Waals surface area contributed by atoms with Crippen LogP contribution >= 0.6 is 11.6 Å². The first-order valence-electron chi connectivity index (χ1n) is 4.56. The van der Waals surface area contributed by atoms with Crippen molar-refractivity contribution in [2.75, 3.05) is 6.54 Å². The lowest BCUT2D eigenvalue weighted by Crippen LogP contribution is -2.10. The number of carbonyl (C=O) groups excluding carboxylic acids is 1. The fourth-order valence-electron chi connectivity index (χ4n) is 1.37. The van der Waals surface area contributed by atoms with Gasteiger partial charge in [-0.3, -0.25) is 4.79 Å². The zero-order chi connectivity index (χ0) is 10.7. The van der Waals surface area contributed by atoms with Crippen LogP contribution in [-0.2, 0) is 0 Å². The topological polar surface area (TPSA) is 43.1 Å². The van der Waals surface area contributed by atoms with Crippen molar-refractivity contribution in [3.63, 3.8) is 0 Å². The summed E-state index contributed by atoms with van der Waals surface area (Å²) in [6.45, 7) is 4.25. The molecular weight excluding hydrogens is 198 g/mol. The molecule has 0 saturated carbocycles. The third kappa shape index (κ3) is 2.34. The lowest BCUT2D eigenvalue weighted by Gasteiger charge is -2.07. The maximum Gasteiger partial charge on any atom is 0.164 e. The molecule has 0 amide bonds. The molecule has 0 aliphatic carbocycles. The summed E-state index contributed by atoms with van der Waals surface area (Å²) in [7, 11) is 0. The predicted molar refractivity (Wildman–Crippen MR) is 58.9 cm³/mol. The van der Waals surface area contributed by atoms with Gasteiger partial charge in [0.2, 0.25) is 0 Å². The largest absolute Gasteiger partial charge is 0.330 e. The van der Waals surface area contributed by atoms with E-state index in [0.29, 0.717) is 23.6 Å². The van der Waals surface area contributed by atoms with E-state index >= 15 is 0 Å². The van der Waals surface area contributed by atoms with Crippen LogP contribution in [0.2, 0.25) is 5.02 Å². The molecular formula is C11H14ClNO. The number of nitrogens with two attached hydrogens (primary N) is 1. The fraction of sp³-hybridized carbons (Fsp3) is 0.364. The molecule has 0 spiro atoms. The van der Waals surface area contributed by atoms with E-state index in [0.717, 1.165) is 11.1 Å². The van der Waals surface area contributed by atoms with Crippen LogP contribution in [-0.4, -0.2) is 12.3 Å². The predicted octanol–water partition coefficient (Wildman–Crippen LogP) is 2.49. The Kier molecular flexibility index (Phi) is 3.67. The van der Waals surface area contributed by atoms with Crippen molar-refractivity contribution >= 4 is 17.4 Å². The molecule has 0 aliphatic heterocycles. The number of hydrogen-bond acceptors (Lipinski definition) is 2. The highest BCUT2D eigenvalue weighted by Gasteiger charge is 2.10. The molecule has 0 saturated heterocycles. The van der Waals surface area contributed by atoms with Crippen LogP contribution in [0.1, 0.15) is 27.9 Å². The summed E-state index contributed by atoms with van der Waals surface area (Å²) in [4.78, 5) is 11.6. The molecule has 0 radical (unpaired) electrons. The molecule has 0 unspecified atom stereocenters. The lowest BCUT2D eigenvalue weighted by molar-refractivity contribution is 0.0985. The number of carbonyl (C=O) groups is 1. The second-order valence-electron chi connectivity index (χ2n) is 3.36. The standard InChI is InChI=1S/C11H14ClNO/c1-7-5-9(12)6-10(8(7)2)11(14)3-4-13/h5-6H,3-4,13H2,1-2H3. The average molecular weight is 212 g/mol. The van der Waals surface area contributed by atoms with Gasteiger partial charge in [0.1, 0.15) is 0 Å². The van der Waals surface area contributed by atoms with E-state index in [2.05, 4.69) is 0 Å². The van der Waals surface area contributed by atoms with Crippen molar-refractivity contribution in [3.8, 4) is 0 Å². The number of halogens is 1. The van der Waals surface area contributed by atoms with Gasteiger partial charge in [-0.15, -0.1) is 0 Å². The number of rotatable bonds is 3. The number of benzene rings is 1. The molecule has 0 atom stereocenters. The minimum atomic E-state index is 0.0654. The zero-order valence-corrected chi connectivity index (χ0v) is 9.19. The highest BCUT2D eigenvalue weighted by Crippen LogP contribution is 2.20. The molecule has 2 nitrogen and oxygen atoms in total. The van der Waals surface area contributed by atoms with Gasteiger partial charge in [0.25, 0.3) is 0 Å². The molecule has 3 heteroatoms. The average Bonchev–Trinajstić information content (AvgIpc) is 2.11. The van der Waals surface area contributed by atoms with Crippen LogP contribution < -0.4 is 5.73 Å². The second kappa shape index (κ2) is 4.58. The summed E-state index contributed by atoms with van der Waals surface area (Å²) >= 11 is 5.88. The van der Waals surface area contributed by atoms with Gasteiger partial charge in [-0.1, -0.05) is 11.6 Å². The smallest absolute Gasteiger partial charge is 0.164 e. The first kappa shape index (κ1) is 11.2. The van der Waals surface area contributed by atoms with E-state index in [4.69, 9.17) is 17.3 Å². The summed E-state index contributed by atoms with van der Waals surface area (Å²) < 4.78 is 0. The van der Waals surface area contributed by atoms with Crippen molar-refractivity contribution in [2.45, 2.75) is 20.3 Å². The van der Waals surface area contributed by atoms with Gasteiger partial charge in [0, 0.05) is 17.0 Å². The van der Waals surface area contributed by atoms with E-state index in [-0.39, 0.29) is 5.78 Å². The van der Waals surface area contributed by atoms with Crippen LogP contribution in [0.3, 0.4) is 0 Å². The lowest BCUT2D eigenvalue weighted by atomic mass is 9.99. The molecule has 1 aromatic carbocycles. The Hall–Kier alpha value is -0.860. The van der Waals surface area contributed by atoms with Crippen LogP contribution in [0.4, 0.5) is 0 Å². The van der Waals surface area contributed by atoms with Gasteiger partial charge >= 0.3 is 0 Å². The fourth-order valence-corrected chi connectivity index (χ4v) is 1.64. The maximum atomic E-state index is 11.6. The van der Waals surface area contributed by atoms with E-state index in [1.165, 1.54) is 0 Å². The van der Waals surface area contributed by atoms with Gasteiger partial charge in [-0.25, -0.2) is 0 Å². The van der Waals surface area contributed by atoms with Crippen LogP contribution in [0, 0.1) is 13.8 Å². The van der Waals surface area contributed by atoms with E-state index in [1.54, 1.807) is 6.07 Å². The molecule has 0 aliphatic rings. The molecule has 1 aromatic rings. The van der Waals surface area contributed by atoms with Gasteiger partial charge in [-0.05, 0) is 43.7 Å². The highest BCUT2D eigenvalue weighted by molar-refractivity contribution is 6.31. The summed E-state index contributed by atoms with van der Waals surface area (Å²) in [6.07, 6.45) is 0.376. The monoisotopic (exact) mass is 211 g/mol. The van der Waals surface area contributed by atoms with E-state index < -0.39 is 0 Å². The highest BCUT2D eigenvalue weighted by atomic mass is 35.5. The summed E-state index contributed by atoms with van der Waals surface area (Å²) in [6, 6.07) is 3.57. The first-order chi connectivity index (χ1) is 6.56. The third-order valence-electron chi connectivity index (χ3n) is 2.30. The van der Waals surface area contributed by atoms with Crippen LogP contribution in [0.5, 0.6) is 0 Å². The summed E-state index contributed by atoms with van der Waals surface area (Å²) in [5.74, 6) is 0.0654. The minimum Gasteiger partial charge on any atom is -0.330 e. The Labute approximate surface area is 89.1 Å². The van der Waals surface area contributed by atoms with Gasteiger partial charge in [0.15, 0.2) is 5.78 Å². The molecule has 0 heterocycles. The summed E-state index contributed by atoms with van der Waals surface area (Å²) in [5.41, 5.74) is 8.07. The Morgan fingerprint density at radius 2 is 2.07 bits per heavy atom. The molecule has 0 aromatic heterocycles. The Morgan fingerprint density at radius 3 is 2.64 bits per heavy atom. The van der Waals surface area contributed by atoms with Crippen LogP contribution in [0.25, 0.3) is 0 Å². The number of hydrogen-bond donors (Lipinski definition) is 1. The Morgan fingerprint density at radius 1 is 1.43 bits per heavy atom. The number of Topliss-reactive ketones (excluding diaryl/α,β-unsaturated/α-hetero) is 1. The molecule has 76 valence electrons. The van der Waals surface area contributed by atoms with E-state index in [9.17, 15) is 4.79 Å². The normalized spacial score (nSPS) is 10.3. The SMILES string of the molecule is Cc1cc(Cl)cc(C(=O)CCN)c1C. The molecule has 14 heavy (non-hydrogen) atoms. The molecule has 0 bridgehead atoms. The summed E-state index contributed by atoms with van der Waals surface area (Å²) in [5, 5.41) is 0.605. The first-order valence-corrected chi connectivity index (χ1v) is 4.94. The van der Waals surface area contributed by atoms with Crippen molar-refractivity contribution < 1.29 is 4.79 Å². The molecule has 0 fully saturated rings. The van der Waals surface area contributed by atoms with Crippen molar-refractivity contribution in [2.24, 2.45) is 5.73 Å². The van der Waals surface area contributed by atoms with Gasteiger partial charge < -0.3 is 5.73 Å². The maximum absolute atomic E-state index is 11.6. The van der Waals surface area contributed by atoms with Crippen molar-refractivity contribution in [1.82, 2.24) is 0 Å². The molecule has 1 rings (SSSR count). The van der Waals surface area contributed by atoms with Gasteiger partial charge in [0.05, 0.1) is 0 Å². The Balaban J connectivity index is 3.13. The quantitative estimate of drug-likeness (QED) is 0.781. The molecule has 2 N–H and O–H groups in total.